The zero-order valence-electron chi connectivity index (χ0n) is 8.63. The lowest BCUT2D eigenvalue weighted by molar-refractivity contribution is -0.116. The van der Waals surface area contributed by atoms with E-state index in [0.717, 1.165) is 5.56 Å². The molecule has 1 rings (SSSR count). The molecule has 0 radical (unpaired) electrons. The van der Waals surface area contributed by atoms with Gasteiger partial charge in [-0.15, -0.1) is 0 Å². The van der Waals surface area contributed by atoms with Gasteiger partial charge in [0.2, 0.25) is 0 Å². The quantitative estimate of drug-likeness (QED) is 0.855. The van der Waals surface area contributed by atoms with Crippen molar-refractivity contribution in [3.63, 3.8) is 0 Å². The predicted octanol–water partition coefficient (Wildman–Crippen LogP) is 1.97. The van der Waals surface area contributed by atoms with Gasteiger partial charge in [0.25, 0.3) is 5.91 Å². The van der Waals surface area contributed by atoms with Gasteiger partial charge in [0.15, 0.2) is 0 Å². The molecule has 0 aromatic heterocycles. The first kappa shape index (κ1) is 11.7. The molecule has 0 fully saturated rings. The maximum absolute atomic E-state index is 11.5. The van der Waals surface area contributed by atoms with Gasteiger partial charge in [-0.05, 0) is 31.5 Å². The van der Waals surface area contributed by atoms with Crippen molar-refractivity contribution in [2.24, 2.45) is 0 Å². The maximum atomic E-state index is 11.5. The van der Waals surface area contributed by atoms with Crippen LogP contribution < -0.4 is 5.32 Å². The van der Waals surface area contributed by atoms with E-state index in [0.29, 0.717) is 10.6 Å². The fourth-order valence-electron chi connectivity index (χ4n) is 1.10. The van der Waals surface area contributed by atoms with Gasteiger partial charge in [0.05, 0.1) is 17.1 Å². The Kier molecular flexibility index (Phi) is 3.86. The van der Waals surface area contributed by atoms with Crippen LogP contribution in [0.2, 0.25) is 5.02 Å². The van der Waals surface area contributed by atoms with E-state index in [4.69, 9.17) is 11.6 Å². The normalized spacial score (nSPS) is 9.80. The number of aryl methyl sites for hydroxylation is 1. The minimum absolute atomic E-state index is 0.0308. The Hall–Kier alpha value is -1.35. The van der Waals surface area contributed by atoms with E-state index in [2.05, 4.69) is 5.32 Å². The van der Waals surface area contributed by atoms with Crippen LogP contribution in [0.15, 0.2) is 18.2 Å². The molecule has 1 N–H and O–H groups in total. The summed E-state index contributed by atoms with van der Waals surface area (Å²) in [6.45, 7) is 3.34. The van der Waals surface area contributed by atoms with Crippen LogP contribution in [0.5, 0.6) is 0 Å². The highest BCUT2D eigenvalue weighted by molar-refractivity contribution is 6.33. The number of hydrogen-bond acceptors (Lipinski definition) is 2. The molecule has 0 saturated heterocycles. The van der Waals surface area contributed by atoms with Crippen molar-refractivity contribution in [1.82, 2.24) is 5.32 Å². The van der Waals surface area contributed by atoms with Crippen LogP contribution in [0.4, 0.5) is 0 Å². The summed E-state index contributed by atoms with van der Waals surface area (Å²) in [6.07, 6.45) is 0. The Balaban J connectivity index is 2.78. The molecule has 0 bridgehead atoms. The maximum Gasteiger partial charge on any atom is 0.253 e. The van der Waals surface area contributed by atoms with E-state index in [9.17, 15) is 9.59 Å². The van der Waals surface area contributed by atoms with Crippen LogP contribution in [0.1, 0.15) is 22.8 Å². The van der Waals surface area contributed by atoms with Crippen molar-refractivity contribution < 1.29 is 9.59 Å². The van der Waals surface area contributed by atoms with E-state index >= 15 is 0 Å². The van der Waals surface area contributed by atoms with E-state index < -0.39 is 0 Å². The molecular formula is C11H12ClNO2. The van der Waals surface area contributed by atoms with Gasteiger partial charge in [-0.1, -0.05) is 17.7 Å². The molecule has 0 unspecified atom stereocenters. The van der Waals surface area contributed by atoms with Crippen LogP contribution >= 0.6 is 11.6 Å². The van der Waals surface area contributed by atoms with Crippen molar-refractivity contribution in [1.29, 1.82) is 0 Å². The van der Waals surface area contributed by atoms with Crippen molar-refractivity contribution in [3.05, 3.63) is 34.3 Å². The molecule has 0 saturated carbocycles. The van der Waals surface area contributed by atoms with E-state index in [1.165, 1.54) is 6.92 Å². The third-order valence-corrected chi connectivity index (χ3v) is 2.18. The molecule has 3 nitrogen and oxygen atoms in total. The Morgan fingerprint density at radius 1 is 1.40 bits per heavy atom. The SMILES string of the molecule is CC(=O)CNC(=O)c1ccc(C)cc1Cl. The summed E-state index contributed by atoms with van der Waals surface area (Å²) in [6, 6.07) is 5.16. The summed E-state index contributed by atoms with van der Waals surface area (Å²) in [5, 5.41) is 2.88. The summed E-state index contributed by atoms with van der Waals surface area (Å²) in [7, 11) is 0. The molecule has 0 atom stereocenters. The molecule has 4 heteroatoms. The van der Waals surface area contributed by atoms with Crippen molar-refractivity contribution in [3.8, 4) is 0 Å². The molecule has 0 spiro atoms. The Morgan fingerprint density at radius 3 is 2.60 bits per heavy atom. The largest absolute Gasteiger partial charge is 0.345 e. The predicted molar refractivity (Wildman–Crippen MR) is 59.2 cm³/mol. The molecule has 0 heterocycles. The molecule has 0 aliphatic rings. The van der Waals surface area contributed by atoms with Crippen molar-refractivity contribution >= 4 is 23.3 Å². The topological polar surface area (TPSA) is 46.2 Å². The number of hydrogen-bond donors (Lipinski definition) is 1. The van der Waals surface area contributed by atoms with Crippen LogP contribution in [-0.4, -0.2) is 18.2 Å². The lowest BCUT2D eigenvalue weighted by atomic mass is 10.1. The second-order valence-electron chi connectivity index (χ2n) is 3.37. The number of carbonyl (C=O) groups is 2. The van der Waals surface area contributed by atoms with Gasteiger partial charge in [-0.2, -0.15) is 0 Å². The van der Waals surface area contributed by atoms with Gasteiger partial charge in [-0.25, -0.2) is 0 Å². The summed E-state index contributed by atoms with van der Waals surface area (Å²) < 4.78 is 0. The Morgan fingerprint density at radius 2 is 2.07 bits per heavy atom. The first-order chi connectivity index (χ1) is 7.00. The second kappa shape index (κ2) is 4.94. The van der Waals surface area contributed by atoms with Gasteiger partial charge >= 0.3 is 0 Å². The van der Waals surface area contributed by atoms with Crippen LogP contribution in [0.3, 0.4) is 0 Å². The number of ketones is 1. The average Bonchev–Trinajstić information content (AvgIpc) is 2.14. The Labute approximate surface area is 93.4 Å². The number of rotatable bonds is 3. The zero-order valence-corrected chi connectivity index (χ0v) is 9.39. The van der Waals surface area contributed by atoms with E-state index in [-0.39, 0.29) is 18.2 Å². The van der Waals surface area contributed by atoms with Gasteiger partial charge in [-0.3, -0.25) is 9.59 Å². The van der Waals surface area contributed by atoms with Gasteiger partial charge in [0, 0.05) is 0 Å². The third kappa shape index (κ3) is 3.36. The minimum atomic E-state index is -0.324. The fourth-order valence-corrected chi connectivity index (χ4v) is 1.43. The van der Waals surface area contributed by atoms with E-state index in [1.807, 2.05) is 6.92 Å². The molecule has 1 aromatic carbocycles. The van der Waals surface area contributed by atoms with E-state index in [1.54, 1.807) is 18.2 Å². The van der Waals surface area contributed by atoms with Crippen molar-refractivity contribution in [2.75, 3.05) is 6.54 Å². The van der Waals surface area contributed by atoms with Crippen LogP contribution in [0.25, 0.3) is 0 Å². The monoisotopic (exact) mass is 225 g/mol. The highest BCUT2D eigenvalue weighted by Gasteiger charge is 2.09. The molecule has 0 aliphatic carbocycles. The molecule has 15 heavy (non-hydrogen) atoms. The molecule has 0 aliphatic heterocycles. The summed E-state index contributed by atoms with van der Waals surface area (Å²) in [5.74, 6) is -0.415. The number of carbonyl (C=O) groups excluding carboxylic acids is 2. The second-order valence-corrected chi connectivity index (χ2v) is 3.78. The molecule has 1 amide bonds. The number of amides is 1. The van der Waals surface area contributed by atoms with Gasteiger partial charge in [0.1, 0.15) is 5.78 Å². The first-order valence-electron chi connectivity index (χ1n) is 4.54. The average molecular weight is 226 g/mol. The number of Topliss-reactive ketones (excluding diaryl/α,β-unsaturated/α-hetero) is 1. The minimum Gasteiger partial charge on any atom is -0.345 e. The lowest BCUT2D eigenvalue weighted by Crippen LogP contribution is -2.28. The Bertz CT molecular complexity index is 402. The third-order valence-electron chi connectivity index (χ3n) is 1.87. The van der Waals surface area contributed by atoms with Gasteiger partial charge < -0.3 is 5.32 Å². The van der Waals surface area contributed by atoms with Crippen LogP contribution in [0, 0.1) is 6.92 Å². The molecule has 1 aromatic rings. The summed E-state index contributed by atoms with van der Waals surface area (Å²) >= 11 is 5.89. The number of nitrogens with one attached hydrogen (secondary N) is 1. The standard InChI is InChI=1S/C11H12ClNO2/c1-7-3-4-9(10(12)5-7)11(15)13-6-8(2)14/h3-5H,6H2,1-2H3,(H,13,15). The molecular weight excluding hydrogens is 214 g/mol. The highest BCUT2D eigenvalue weighted by Crippen LogP contribution is 2.17. The zero-order chi connectivity index (χ0) is 11.4. The molecule has 80 valence electrons. The number of benzene rings is 1. The van der Waals surface area contributed by atoms with Crippen LogP contribution in [-0.2, 0) is 4.79 Å². The van der Waals surface area contributed by atoms with Crippen molar-refractivity contribution in [2.45, 2.75) is 13.8 Å². The fraction of sp³-hybridized carbons (Fsp3) is 0.273. The smallest absolute Gasteiger partial charge is 0.253 e. The first-order valence-corrected chi connectivity index (χ1v) is 4.92. The summed E-state index contributed by atoms with van der Waals surface area (Å²) in [4.78, 5) is 22.2. The lowest BCUT2D eigenvalue weighted by Gasteiger charge is -2.05. The highest BCUT2D eigenvalue weighted by atomic mass is 35.5. The summed E-state index contributed by atoms with van der Waals surface area (Å²) in [5.41, 5.74) is 1.38. The number of halogens is 1.